The van der Waals surface area contributed by atoms with Crippen molar-refractivity contribution in [3.63, 3.8) is 0 Å². The van der Waals surface area contributed by atoms with Crippen molar-refractivity contribution in [3.05, 3.63) is 81.2 Å². The van der Waals surface area contributed by atoms with Crippen LogP contribution in [-0.4, -0.2) is 18.2 Å². The number of hydrogen-bond acceptors (Lipinski definition) is 4. The van der Waals surface area contributed by atoms with Gasteiger partial charge in [0.25, 0.3) is 15.6 Å². The summed E-state index contributed by atoms with van der Waals surface area (Å²) < 4.78 is 28.3. The molecule has 1 aromatic heterocycles. The normalized spacial score (nSPS) is 11.3. The first kappa shape index (κ1) is 17.5. The average molecular weight is 396 g/mol. The van der Waals surface area contributed by atoms with Crippen molar-refractivity contribution < 1.29 is 8.42 Å². The van der Waals surface area contributed by atoms with Crippen LogP contribution >= 0.6 is 23.2 Å². The lowest BCUT2D eigenvalue weighted by Gasteiger charge is -2.09. The van der Waals surface area contributed by atoms with Crippen LogP contribution in [-0.2, 0) is 10.0 Å². The number of hydrogen-bond donors (Lipinski definition) is 1. The van der Waals surface area contributed by atoms with Gasteiger partial charge in [-0.1, -0.05) is 41.4 Å². The third-order valence-electron chi connectivity index (χ3n) is 3.29. The molecule has 0 aliphatic carbocycles. The second-order valence-electron chi connectivity index (χ2n) is 4.99. The molecule has 0 aliphatic rings. The predicted octanol–water partition coefficient (Wildman–Crippen LogP) is 3.34. The van der Waals surface area contributed by atoms with Crippen LogP contribution in [0.15, 0.2) is 70.5 Å². The Balaban J connectivity index is 1.93. The first-order valence-electron chi connectivity index (χ1n) is 7.00. The monoisotopic (exact) mass is 395 g/mol. The molecule has 2 aromatic carbocycles. The highest BCUT2D eigenvalue weighted by Crippen LogP contribution is 2.19. The van der Waals surface area contributed by atoms with Gasteiger partial charge in [-0.3, -0.25) is 9.52 Å². The Morgan fingerprint density at radius 1 is 0.960 bits per heavy atom. The first-order chi connectivity index (χ1) is 11.9. The molecule has 0 amide bonds. The van der Waals surface area contributed by atoms with E-state index >= 15 is 0 Å². The highest BCUT2D eigenvalue weighted by molar-refractivity contribution is 7.92. The third kappa shape index (κ3) is 3.68. The summed E-state index contributed by atoms with van der Waals surface area (Å²) in [6.07, 6.45) is 1.24. The molecule has 0 fully saturated rings. The molecule has 0 aliphatic heterocycles. The summed E-state index contributed by atoms with van der Waals surface area (Å²) in [5.41, 5.74) is 0.225. The van der Waals surface area contributed by atoms with Gasteiger partial charge in [-0.05, 0) is 36.4 Å². The minimum atomic E-state index is -3.74. The lowest BCUT2D eigenvalue weighted by molar-refractivity contribution is 0.601. The smallest absolute Gasteiger partial charge is 0.280 e. The summed E-state index contributed by atoms with van der Waals surface area (Å²) in [6.45, 7) is 0. The lowest BCUT2D eigenvalue weighted by atomic mass is 10.3. The molecule has 9 heteroatoms. The van der Waals surface area contributed by atoms with Gasteiger partial charge in [0.05, 0.1) is 21.8 Å². The molecule has 0 saturated carbocycles. The fraction of sp³-hybridized carbons (Fsp3) is 0. The number of benzene rings is 2. The Hall–Kier alpha value is -2.35. The highest BCUT2D eigenvalue weighted by Gasteiger charge is 2.15. The van der Waals surface area contributed by atoms with Crippen LogP contribution in [0.1, 0.15) is 0 Å². The average Bonchev–Trinajstić information content (AvgIpc) is 2.60. The van der Waals surface area contributed by atoms with Gasteiger partial charge in [-0.2, -0.15) is 9.78 Å². The molecule has 3 aromatic rings. The molecule has 1 N–H and O–H groups in total. The summed E-state index contributed by atoms with van der Waals surface area (Å²) in [7, 11) is -3.74. The van der Waals surface area contributed by atoms with Crippen LogP contribution in [0.5, 0.6) is 0 Å². The van der Waals surface area contributed by atoms with E-state index in [1.807, 2.05) is 0 Å². The molecular formula is C16H11Cl2N3O3S. The molecule has 0 atom stereocenters. The molecule has 6 nitrogen and oxygen atoms in total. The minimum absolute atomic E-state index is 0.0493. The number of nitrogens with zero attached hydrogens (tertiary/aromatic N) is 2. The van der Waals surface area contributed by atoms with E-state index in [0.29, 0.717) is 11.4 Å². The number of nitrogens with one attached hydrogen (secondary N) is 1. The van der Waals surface area contributed by atoms with Crippen molar-refractivity contribution >= 4 is 38.9 Å². The largest absolute Gasteiger partial charge is 0.291 e. The Morgan fingerprint density at radius 3 is 2.24 bits per heavy atom. The van der Waals surface area contributed by atoms with Crippen molar-refractivity contribution in [2.75, 3.05) is 4.72 Å². The quantitative estimate of drug-likeness (QED) is 0.734. The number of rotatable bonds is 4. The van der Waals surface area contributed by atoms with Crippen molar-refractivity contribution in [2.45, 2.75) is 4.90 Å². The lowest BCUT2D eigenvalue weighted by Crippen LogP contribution is -2.21. The van der Waals surface area contributed by atoms with Crippen molar-refractivity contribution in [1.29, 1.82) is 0 Å². The van der Waals surface area contributed by atoms with Crippen molar-refractivity contribution in [1.82, 2.24) is 9.78 Å². The molecule has 128 valence electrons. The molecule has 0 unspecified atom stereocenters. The molecule has 0 bridgehead atoms. The van der Waals surface area contributed by atoms with Crippen LogP contribution in [0, 0.1) is 0 Å². The van der Waals surface area contributed by atoms with Crippen molar-refractivity contribution in [2.24, 2.45) is 0 Å². The number of para-hydroxylation sites is 1. The molecule has 25 heavy (non-hydrogen) atoms. The summed E-state index contributed by atoms with van der Waals surface area (Å²) in [4.78, 5) is 12.1. The van der Waals surface area contributed by atoms with Crippen molar-refractivity contribution in [3.8, 4) is 5.69 Å². The summed E-state index contributed by atoms with van der Waals surface area (Å²) in [5, 5.41) is 3.79. The fourth-order valence-electron chi connectivity index (χ4n) is 2.08. The summed E-state index contributed by atoms with van der Waals surface area (Å²) in [5.74, 6) is 0. The number of aromatic nitrogens is 2. The van der Waals surface area contributed by atoms with Gasteiger partial charge in [0, 0.05) is 5.69 Å². The summed E-state index contributed by atoms with van der Waals surface area (Å²) >= 11 is 11.6. The highest BCUT2D eigenvalue weighted by atomic mass is 35.5. The van der Waals surface area contributed by atoms with Gasteiger partial charge in [-0.25, -0.2) is 8.42 Å². The maximum absolute atomic E-state index is 12.4. The number of sulfonamides is 1. The molecule has 0 spiro atoms. The van der Waals surface area contributed by atoms with Gasteiger partial charge in [0.15, 0.2) is 0 Å². The first-order valence-corrected chi connectivity index (χ1v) is 9.24. The van der Waals surface area contributed by atoms with Crippen LogP contribution < -0.4 is 10.3 Å². The molecule has 3 rings (SSSR count). The Kier molecular flexibility index (Phi) is 4.80. The third-order valence-corrected chi connectivity index (χ3v) is 5.44. The standard InChI is InChI=1S/C16H11Cl2N3O3S/c17-14-10-19-21(16(22)15(14)18)12-6-8-13(9-7-12)25(23,24)20-11-4-2-1-3-5-11/h1-10,20H. The van der Waals surface area contributed by atoms with Gasteiger partial charge >= 0.3 is 0 Å². The van der Waals surface area contributed by atoms with Crippen LogP contribution in [0.2, 0.25) is 10.0 Å². The minimum Gasteiger partial charge on any atom is -0.280 e. The Bertz CT molecular complexity index is 1070. The Labute approximate surface area is 153 Å². The number of halogens is 2. The van der Waals surface area contributed by atoms with E-state index in [1.165, 1.54) is 30.5 Å². The van der Waals surface area contributed by atoms with Gasteiger partial charge < -0.3 is 0 Å². The van der Waals surface area contributed by atoms with E-state index in [1.54, 1.807) is 30.3 Å². The predicted molar refractivity (Wildman–Crippen MR) is 97.1 cm³/mol. The zero-order valence-corrected chi connectivity index (χ0v) is 14.9. The Morgan fingerprint density at radius 2 is 1.60 bits per heavy atom. The van der Waals surface area contributed by atoms with E-state index in [-0.39, 0.29) is 14.9 Å². The fourth-order valence-corrected chi connectivity index (χ4v) is 3.40. The molecular weight excluding hydrogens is 385 g/mol. The zero-order valence-electron chi connectivity index (χ0n) is 12.6. The van der Waals surface area contributed by atoms with E-state index in [0.717, 1.165) is 4.68 Å². The van der Waals surface area contributed by atoms with Gasteiger partial charge in [-0.15, -0.1) is 0 Å². The summed E-state index contributed by atoms with van der Waals surface area (Å²) in [6, 6.07) is 14.2. The maximum atomic E-state index is 12.4. The van der Waals surface area contributed by atoms with E-state index in [9.17, 15) is 13.2 Å². The van der Waals surface area contributed by atoms with E-state index < -0.39 is 15.6 Å². The van der Waals surface area contributed by atoms with Crippen LogP contribution in [0.3, 0.4) is 0 Å². The number of anilines is 1. The SMILES string of the molecule is O=c1c(Cl)c(Cl)cnn1-c1ccc(S(=O)(=O)Nc2ccccc2)cc1. The van der Waals surface area contributed by atoms with Crippen LogP contribution in [0.25, 0.3) is 5.69 Å². The molecule has 0 saturated heterocycles. The zero-order chi connectivity index (χ0) is 18.0. The molecule has 1 heterocycles. The van der Waals surface area contributed by atoms with Crippen LogP contribution in [0.4, 0.5) is 5.69 Å². The second kappa shape index (κ2) is 6.87. The maximum Gasteiger partial charge on any atom is 0.291 e. The second-order valence-corrected chi connectivity index (χ2v) is 7.46. The topological polar surface area (TPSA) is 81.1 Å². The van der Waals surface area contributed by atoms with Gasteiger partial charge in [0.1, 0.15) is 5.02 Å². The molecule has 0 radical (unpaired) electrons. The van der Waals surface area contributed by atoms with E-state index in [4.69, 9.17) is 23.2 Å². The van der Waals surface area contributed by atoms with E-state index in [2.05, 4.69) is 9.82 Å². The van der Waals surface area contributed by atoms with Gasteiger partial charge in [0.2, 0.25) is 0 Å².